The molecule has 0 amide bonds. The molecule has 0 aliphatic heterocycles. The predicted octanol–water partition coefficient (Wildman–Crippen LogP) is 4.79. The van der Waals surface area contributed by atoms with Gasteiger partial charge in [-0.2, -0.15) is 4.39 Å². The van der Waals surface area contributed by atoms with Crippen LogP contribution in [0.1, 0.15) is 15.9 Å². The average Bonchev–Trinajstić information content (AvgIpc) is 2.67. The minimum atomic E-state index is -0.522. The summed E-state index contributed by atoms with van der Waals surface area (Å²) in [4.78, 5) is 16.0. The number of benzene rings is 2. The number of carbonyl (C=O) groups excluding carboxylic acids is 1. The number of ketones is 1. The van der Waals surface area contributed by atoms with Gasteiger partial charge in [-0.25, -0.2) is 4.98 Å². The van der Waals surface area contributed by atoms with E-state index in [1.165, 1.54) is 18.3 Å². The number of ether oxygens (including phenoxy) is 1. The average molecular weight is 333 g/mol. The van der Waals surface area contributed by atoms with Gasteiger partial charge < -0.3 is 4.74 Å². The van der Waals surface area contributed by atoms with Crippen molar-refractivity contribution >= 4 is 11.9 Å². The van der Waals surface area contributed by atoms with Gasteiger partial charge in [0.05, 0.1) is 7.11 Å². The van der Waals surface area contributed by atoms with Crippen LogP contribution >= 0.6 is 0 Å². The van der Waals surface area contributed by atoms with E-state index in [9.17, 15) is 9.18 Å². The molecular weight excluding hydrogens is 317 g/mol. The highest BCUT2D eigenvalue weighted by Crippen LogP contribution is 2.24. The molecule has 0 bridgehead atoms. The van der Waals surface area contributed by atoms with Crippen molar-refractivity contribution in [1.82, 2.24) is 4.98 Å². The van der Waals surface area contributed by atoms with E-state index in [4.69, 9.17) is 4.74 Å². The summed E-state index contributed by atoms with van der Waals surface area (Å²) in [5.41, 5.74) is 3.11. The molecule has 0 unspecified atom stereocenters. The molecule has 0 aliphatic carbocycles. The van der Waals surface area contributed by atoms with E-state index in [1.54, 1.807) is 43.5 Å². The number of aromatic nitrogens is 1. The molecule has 1 aromatic heterocycles. The van der Waals surface area contributed by atoms with E-state index >= 15 is 0 Å². The zero-order valence-electron chi connectivity index (χ0n) is 13.6. The first kappa shape index (κ1) is 16.6. The fourth-order valence-corrected chi connectivity index (χ4v) is 2.46. The van der Waals surface area contributed by atoms with Gasteiger partial charge in [0.15, 0.2) is 5.78 Å². The van der Waals surface area contributed by atoms with Crippen LogP contribution in [0.3, 0.4) is 0 Å². The molecule has 1 heterocycles. The highest BCUT2D eigenvalue weighted by atomic mass is 19.1. The topological polar surface area (TPSA) is 39.2 Å². The number of nitrogens with zero attached hydrogens (tertiary/aromatic N) is 1. The Balaban J connectivity index is 1.86. The summed E-state index contributed by atoms with van der Waals surface area (Å²) in [6.45, 7) is 0. The molecule has 124 valence electrons. The monoisotopic (exact) mass is 333 g/mol. The second kappa shape index (κ2) is 7.53. The number of carbonyl (C=O) groups is 1. The van der Waals surface area contributed by atoms with Gasteiger partial charge in [0.25, 0.3) is 0 Å². The van der Waals surface area contributed by atoms with Crippen molar-refractivity contribution in [2.45, 2.75) is 0 Å². The van der Waals surface area contributed by atoms with Gasteiger partial charge >= 0.3 is 0 Å². The van der Waals surface area contributed by atoms with Crippen LogP contribution in [0.4, 0.5) is 4.39 Å². The van der Waals surface area contributed by atoms with Crippen LogP contribution in [-0.2, 0) is 0 Å². The molecule has 0 atom stereocenters. The van der Waals surface area contributed by atoms with Crippen molar-refractivity contribution in [3.05, 3.63) is 90.0 Å². The Kier molecular flexibility index (Phi) is 5.00. The molecule has 0 radical (unpaired) electrons. The normalized spacial score (nSPS) is 10.8. The first-order valence-corrected chi connectivity index (χ1v) is 7.75. The highest BCUT2D eigenvalue weighted by molar-refractivity contribution is 6.07. The maximum absolute atomic E-state index is 13.0. The number of methoxy groups -OCH3 is 1. The molecule has 0 saturated carbocycles. The quantitative estimate of drug-likeness (QED) is 0.383. The van der Waals surface area contributed by atoms with Gasteiger partial charge in [0.2, 0.25) is 5.95 Å². The van der Waals surface area contributed by atoms with Crippen LogP contribution in [0.5, 0.6) is 5.75 Å². The van der Waals surface area contributed by atoms with Gasteiger partial charge in [-0.15, -0.1) is 0 Å². The second-order valence-corrected chi connectivity index (χ2v) is 5.38. The number of hydrogen-bond donors (Lipinski definition) is 0. The van der Waals surface area contributed by atoms with Crippen LogP contribution < -0.4 is 4.74 Å². The van der Waals surface area contributed by atoms with Gasteiger partial charge in [-0.3, -0.25) is 4.79 Å². The summed E-state index contributed by atoms with van der Waals surface area (Å²) in [6.07, 6.45) is 4.76. The third-order valence-electron chi connectivity index (χ3n) is 3.79. The van der Waals surface area contributed by atoms with Crippen molar-refractivity contribution < 1.29 is 13.9 Å². The second-order valence-electron chi connectivity index (χ2n) is 5.38. The number of pyridine rings is 1. The lowest BCUT2D eigenvalue weighted by atomic mass is 10.00. The summed E-state index contributed by atoms with van der Waals surface area (Å²) in [5, 5.41) is 0. The summed E-state index contributed by atoms with van der Waals surface area (Å²) in [7, 11) is 1.58. The van der Waals surface area contributed by atoms with Crippen molar-refractivity contribution in [1.29, 1.82) is 0 Å². The number of allylic oxidation sites excluding steroid dienone is 1. The van der Waals surface area contributed by atoms with Crippen LogP contribution in [0.15, 0.2) is 72.9 Å². The lowest BCUT2D eigenvalue weighted by Gasteiger charge is -2.06. The molecule has 3 aromatic rings. The Morgan fingerprint density at radius 1 is 1.04 bits per heavy atom. The molecule has 0 spiro atoms. The molecule has 3 nitrogen and oxygen atoms in total. The minimum absolute atomic E-state index is 0.102. The zero-order valence-corrected chi connectivity index (χ0v) is 13.6. The van der Waals surface area contributed by atoms with E-state index < -0.39 is 5.95 Å². The standard InChI is InChI=1S/C21H16FNO2/c1-25-18-10-6-16(7-11-18)20(24)12-8-15-4-2-3-5-19(15)17-9-13-21(22)23-14-17/h2-14H,1H3/b12-8+. The van der Waals surface area contributed by atoms with Crippen LogP contribution in [-0.4, -0.2) is 17.9 Å². The van der Waals surface area contributed by atoms with E-state index in [2.05, 4.69) is 4.98 Å². The van der Waals surface area contributed by atoms with Crippen molar-refractivity contribution in [3.8, 4) is 16.9 Å². The van der Waals surface area contributed by atoms with E-state index in [-0.39, 0.29) is 5.78 Å². The lowest BCUT2D eigenvalue weighted by molar-refractivity contribution is 0.104. The number of hydrogen-bond acceptors (Lipinski definition) is 3. The van der Waals surface area contributed by atoms with E-state index in [0.717, 1.165) is 16.7 Å². The van der Waals surface area contributed by atoms with Crippen LogP contribution in [0.25, 0.3) is 17.2 Å². The lowest BCUT2D eigenvalue weighted by Crippen LogP contribution is -1.94. The molecule has 3 rings (SSSR count). The van der Waals surface area contributed by atoms with Crippen LogP contribution in [0, 0.1) is 5.95 Å². The molecule has 4 heteroatoms. The zero-order chi connectivity index (χ0) is 17.6. The van der Waals surface area contributed by atoms with E-state index in [1.807, 2.05) is 24.3 Å². The summed E-state index contributed by atoms with van der Waals surface area (Å²) in [5.74, 6) is 0.0795. The molecule has 0 fully saturated rings. The van der Waals surface area contributed by atoms with Gasteiger partial charge in [0, 0.05) is 17.3 Å². The molecule has 2 aromatic carbocycles. The highest BCUT2D eigenvalue weighted by Gasteiger charge is 2.05. The molecular formula is C21H16FNO2. The smallest absolute Gasteiger partial charge is 0.212 e. The van der Waals surface area contributed by atoms with Gasteiger partial charge in [-0.1, -0.05) is 30.3 Å². The molecule has 25 heavy (non-hydrogen) atoms. The summed E-state index contributed by atoms with van der Waals surface area (Å²) in [6, 6.07) is 17.5. The molecule has 0 aliphatic rings. The van der Waals surface area contributed by atoms with Crippen molar-refractivity contribution in [2.75, 3.05) is 7.11 Å². The third kappa shape index (κ3) is 3.98. The summed E-state index contributed by atoms with van der Waals surface area (Å²) >= 11 is 0. The maximum atomic E-state index is 13.0. The van der Waals surface area contributed by atoms with Gasteiger partial charge in [0.1, 0.15) is 5.75 Å². The van der Waals surface area contributed by atoms with Crippen LogP contribution in [0.2, 0.25) is 0 Å². The fourth-order valence-electron chi connectivity index (χ4n) is 2.46. The Morgan fingerprint density at radius 2 is 1.80 bits per heavy atom. The van der Waals surface area contributed by atoms with Gasteiger partial charge in [-0.05, 0) is 53.6 Å². The van der Waals surface area contributed by atoms with Crippen molar-refractivity contribution in [3.63, 3.8) is 0 Å². The first-order chi connectivity index (χ1) is 12.2. The third-order valence-corrected chi connectivity index (χ3v) is 3.79. The fraction of sp³-hybridized carbons (Fsp3) is 0.0476. The number of rotatable bonds is 5. The Hall–Kier alpha value is -3.27. The molecule has 0 saturated heterocycles. The van der Waals surface area contributed by atoms with E-state index in [0.29, 0.717) is 11.3 Å². The SMILES string of the molecule is COc1ccc(C(=O)/C=C/c2ccccc2-c2ccc(F)nc2)cc1. The van der Waals surface area contributed by atoms with Crippen molar-refractivity contribution in [2.24, 2.45) is 0 Å². The maximum Gasteiger partial charge on any atom is 0.212 e. The molecule has 0 N–H and O–H groups in total. The predicted molar refractivity (Wildman–Crippen MR) is 96.0 cm³/mol. The Bertz CT molecular complexity index is 900. The Labute approximate surface area is 145 Å². The summed E-state index contributed by atoms with van der Waals surface area (Å²) < 4.78 is 18.1. The first-order valence-electron chi connectivity index (χ1n) is 7.75. The number of halogens is 1. The minimum Gasteiger partial charge on any atom is -0.497 e. The largest absolute Gasteiger partial charge is 0.497 e. The Morgan fingerprint density at radius 3 is 2.48 bits per heavy atom.